The highest BCUT2D eigenvalue weighted by atomic mass is 79.9. The van der Waals surface area contributed by atoms with Gasteiger partial charge in [-0.15, -0.1) is 0 Å². The standard InChI is InChI=1S/C28H21BrN2O6/c1-15-23(28(33)36-2)24(25-26(30-15)19-8-3-4-9-20(19)27(25)32)17-10-11-22(21(29)13-17)37-14-16-6-5-7-18(12-16)31(34)35/h3-13,24,30H,14H2,1-2H3/t24-/m0/s1. The maximum Gasteiger partial charge on any atom is 0.336 e. The summed E-state index contributed by atoms with van der Waals surface area (Å²) in [5, 5.41) is 14.3. The molecule has 0 unspecified atom stereocenters. The topological polar surface area (TPSA) is 108 Å². The minimum absolute atomic E-state index is 0.00905. The summed E-state index contributed by atoms with van der Waals surface area (Å²) in [7, 11) is 1.32. The maximum atomic E-state index is 13.5. The number of nitrogens with one attached hydrogen (secondary N) is 1. The summed E-state index contributed by atoms with van der Waals surface area (Å²) in [4.78, 5) is 37.0. The lowest BCUT2D eigenvalue weighted by atomic mass is 9.80. The van der Waals surface area contributed by atoms with Crippen LogP contribution in [0, 0.1) is 10.1 Å². The van der Waals surface area contributed by atoms with Crippen molar-refractivity contribution in [2.75, 3.05) is 7.11 Å². The van der Waals surface area contributed by atoms with Crippen LogP contribution in [0.15, 0.2) is 88.0 Å². The molecule has 0 radical (unpaired) electrons. The molecule has 0 spiro atoms. The summed E-state index contributed by atoms with van der Waals surface area (Å²) in [6.45, 7) is 1.92. The third kappa shape index (κ3) is 4.31. The fourth-order valence-electron chi connectivity index (χ4n) is 4.78. The van der Waals surface area contributed by atoms with E-state index in [2.05, 4.69) is 21.2 Å². The number of nitro groups is 1. The summed E-state index contributed by atoms with van der Waals surface area (Å²) in [5.74, 6) is -0.794. The molecule has 1 aliphatic heterocycles. The molecule has 3 aromatic carbocycles. The Morgan fingerprint density at radius 1 is 1.08 bits per heavy atom. The smallest absolute Gasteiger partial charge is 0.336 e. The van der Waals surface area contributed by atoms with Crippen LogP contribution < -0.4 is 10.1 Å². The van der Waals surface area contributed by atoms with Crippen LogP contribution in [0.1, 0.15) is 39.9 Å². The summed E-state index contributed by atoms with van der Waals surface area (Å²) in [6, 6.07) is 19.0. The minimum atomic E-state index is -0.647. The number of carbonyl (C=O) groups is 2. The molecule has 8 nitrogen and oxygen atoms in total. The van der Waals surface area contributed by atoms with Gasteiger partial charge in [0.15, 0.2) is 5.78 Å². The first kappa shape index (κ1) is 24.5. The number of non-ortho nitro benzene ring substituents is 1. The molecule has 5 rings (SSSR count). The predicted octanol–water partition coefficient (Wildman–Crippen LogP) is 5.68. The summed E-state index contributed by atoms with van der Waals surface area (Å²) < 4.78 is 11.6. The van der Waals surface area contributed by atoms with Crippen molar-refractivity contribution in [2.24, 2.45) is 0 Å². The fraction of sp³-hybridized carbons (Fsp3) is 0.143. The number of hydrogen-bond donors (Lipinski definition) is 1. The molecule has 1 aliphatic carbocycles. The van der Waals surface area contributed by atoms with Gasteiger partial charge in [-0.05, 0) is 46.1 Å². The van der Waals surface area contributed by atoms with Crippen molar-refractivity contribution in [3.8, 4) is 5.75 Å². The normalized spacial score (nSPS) is 16.2. The summed E-state index contributed by atoms with van der Waals surface area (Å²) >= 11 is 3.55. The zero-order valence-corrected chi connectivity index (χ0v) is 21.5. The van der Waals surface area contributed by atoms with Crippen molar-refractivity contribution < 1.29 is 24.0 Å². The van der Waals surface area contributed by atoms with Crippen LogP contribution in [-0.2, 0) is 16.1 Å². The van der Waals surface area contributed by atoms with Crippen LogP contribution in [0.2, 0.25) is 0 Å². The van der Waals surface area contributed by atoms with Crippen LogP contribution in [0.25, 0.3) is 5.70 Å². The van der Waals surface area contributed by atoms with Gasteiger partial charge in [-0.2, -0.15) is 0 Å². The van der Waals surface area contributed by atoms with Gasteiger partial charge in [0, 0.05) is 40.4 Å². The largest absolute Gasteiger partial charge is 0.488 e. The van der Waals surface area contributed by atoms with Crippen molar-refractivity contribution in [1.82, 2.24) is 5.32 Å². The molecule has 0 fully saturated rings. The Morgan fingerprint density at radius 3 is 2.54 bits per heavy atom. The van der Waals surface area contributed by atoms with Crippen LogP contribution in [-0.4, -0.2) is 23.8 Å². The van der Waals surface area contributed by atoms with Gasteiger partial charge in [-0.1, -0.05) is 42.5 Å². The number of allylic oxidation sites excluding steroid dienone is 2. The number of benzene rings is 3. The molecule has 2 aliphatic rings. The number of esters is 1. The number of dihydropyridines is 1. The molecular weight excluding hydrogens is 540 g/mol. The van der Waals surface area contributed by atoms with Crippen molar-refractivity contribution in [2.45, 2.75) is 19.4 Å². The van der Waals surface area contributed by atoms with Gasteiger partial charge in [0.25, 0.3) is 5.69 Å². The number of methoxy groups -OCH3 is 1. The van der Waals surface area contributed by atoms with Crippen molar-refractivity contribution >= 4 is 39.1 Å². The van der Waals surface area contributed by atoms with Crippen LogP contribution in [0.3, 0.4) is 0 Å². The number of Topliss-reactive ketones (excluding diaryl/α,β-unsaturated/α-hetero) is 1. The molecule has 0 aromatic heterocycles. The van der Waals surface area contributed by atoms with Gasteiger partial charge in [0.1, 0.15) is 12.4 Å². The molecule has 1 heterocycles. The zero-order chi connectivity index (χ0) is 26.3. The fourth-order valence-corrected chi connectivity index (χ4v) is 5.29. The molecule has 0 bridgehead atoms. The number of ether oxygens (including phenoxy) is 2. The third-order valence-electron chi connectivity index (χ3n) is 6.46. The van der Waals surface area contributed by atoms with Gasteiger partial charge in [-0.3, -0.25) is 14.9 Å². The molecule has 0 amide bonds. The lowest BCUT2D eigenvalue weighted by molar-refractivity contribution is -0.384. The lowest BCUT2D eigenvalue weighted by Gasteiger charge is -2.29. The number of hydrogen-bond acceptors (Lipinski definition) is 7. The quantitative estimate of drug-likeness (QED) is 0.235. The Hall–Kier alpha value is -4.24. The Labute approximate surface area is 220 Å². The highest BCUT2D eigenvalue weighted by Crippen LogP contribution is 2.47. The first-order valence-electron chi connectivity index (χ1n) is 11.4. The number of rotatable bonds is 6. The Balaban J connectivity index is 1.51. The van der Waals surface area contributed by atoms with Crippen molar-refractivity contribution in [3.05, 3.63) is 120 Å². The van der Waals surface area contributed by atoms with Crippen LogP contribution >= 0.6 is 15.9 Å². The van der Waals surface area contributed by atoms with Crippen molar-refractivity contribution in [3.63, 3.8) is 0 Å². The summed E-state index contributed by atoms with van der Waals surface area (Å²) in [6.07, 6.45) is 0. The highest BCUT2D eigenvalue weighted by Gasteiger charge is 2.42. The van der Waals surface area contributed by atoms with E-state index in [9.17, 15) is 19.7 Å². The highest BCUT2D eigenvalue weighted by molar-refractivity contribution is 9.10. The summed E-state index contributed by atoms with van der Waals surface area (Å²) in [5.41, 5.74) is 4.89. The Bertz CT molecular complexity index is 1540. The minimum Gasteiger partial charge on any atom is -0.488 e. The molecule has 0 saturated carbocycles. The first-order valence-corrected chi connectivity index (χ1v) is 12.2. The van der Waals surface area contributed by atoms with Crippen LogP contribution in [0.5, 0.6) is 5.75 Å². The number of halogens is 1. The van der Waals surface area contributed by atoms with E-state index in [4.69, 9.17) is 9.47 Å². The van der Waals surface area contributed by atoms with Crippen LogP contribution in [0.4, 0.5) is 5.69 Å². The molecule has 186 valence electrons. The van der Waals surface area contributed by atoms with Gasteiger partial charge in [0.05, 0.1) is 27.8 Å². The zero-order valence-electron chi connectivity index (χ0n) is 19.9. The van der Waals surface area contributed by atoms with E-state index in [0.29, 0.717) is 49.5 Å². The number of ketones is 1. The van der Waals surface area contributed by atoms with E-state index < -0.39 is 16.8 Å². The number of nitro benzene ring substituents is 1. The van der Waals surface area contributed by atoms with E-state index in [-0.39, 0.29) is 18.1 Å². The Kier molecular flexibility index (Phi) is 6.39. The molecule has 1 atom stereocenters. The second-order valence-electron chi connectivity index (χ2n) is 8.66. The first-order chi connectivity index (χ1) is 17.8. The molecule has 3 aromatic rings. The molecule has 9 heteroatoms. The molecule has 37 heavy (non-hydrogen) atoms. The van der Waals surface area contributed by atoms with Gasteiger partial charge in [-0.25, -0.2) is 4.79 Å². The molecular formula is C28H21BrN2O6. The number of nitrogens with zero attached hydrogens (tertiary/aromatic N) is 1. The second-order valence-corrected chi connectivity index (χ2v) is 9.51. The van der Waals surface area contributed by atoms with Gasteiger partial charge in [0.2, 0.25) is 0 Å². The lowest BCUT2D eigenvalue weighted by Crippen LogP contribution is -2.29. The maximum absolute atomic E-state index is 13.5. The van der Waals surface area contributed by atoms with Crippen molar-refractivity contribution in [1.29, 1.82) is 0 Å². The predicted molar refractivity (Wildman–Crippen MR) is 140 cm³/mol. The number of carbonyl (C=O) groups excluding carboxylic acids is 2. The second kappa shape index (κ2) is 9.67. The van der Waals surface area contributed by atoms with E-state index in [0.717, 1.165) is 5.56 Å². The van der Waals surface area contributed by atoms with E-state index in [1.807, 2.05) is 24.3 Å². The SMILES string of the molecule is COC(=O)C1=C(C)NC2=C(C(=O)c3ccccc32)[C@H]1c1ccc(OCc2cccc([N+](=O)[O-])c2)c(Br)c1. The number of fused-ring (bicyclic) bond motifs is 2. The molecule has 0 saturated heterocycles. The molecule has 1 N–H and O–H groups in total. The third-order valence-corrected chi connectivity index (χ3v) is 7.08. The average molecular weight is 561 g/mol. The van der Waals surface area contributed by atoms with Gasteiger partial charge >= 0.3 is 5.97 Å². The van der Waals surface area contributed by atoms with E-state index in [1.54, 1.807) is 37.3 Å². The Morgan fingerprint density at radius 2 is 1.84 bits per heavy atom. The van der Waals surface area contributed by atoms with Gasteiger partial charge < -0.3 is 14.8 Å². The monoisotopic (exact) mass is 560 g/mol. The van der Waals surface area contributed by atoms with E-state index in [1.165, 1.54) is 19.2 Å². The average Bonchev–Trinajstić information content (AvgIpc) is 3.18. The van der Waals surface area contributed by atoms with E-state index >= 15 is 0 Å².